The molecular weight excluding hydrogens is 326 g/mol. The van der Waals surface area contributed by atoms with Gasteiger partial charge in [-0.3, -0.25) is 9.59 Å². The molecule has 5 nitrogen and oxygen atoms in total. The van der Waals surface area contributed by atoms with Gasteiger partial charge in [-0.1, -0.05) is 30.3 Å². The molecule has 0 heterocycles. The second-order valence-corrected chi connectivity index (χ2v) is 7.02. The molecule has 0 saturated heterocycles. The Morgan fingerprint density at radius 1 is 0.962 bits per heavy atom. The minimum Gasteiger partial charge on any atom is -0.378 e. The van der Waals surface area contributed by atoms with Crippen LogP contribution in [0.3, 0.4) is 0 Å². The van der Waals surface area contributed by atoms with Crippen LogP contribution in [0.15, 0.2) is 54.6 Å². The van der Waals surface area contributed by atoms with Gasteiger partial charge >= 0.3 is 0 Å². The Balaban J connectivity index is 1.51. The van der Waals surface area contributed by atoms with Gasteiger partial charge in [0, 0.05) is 25.5 Å². The Bertz CT molecular complexity index is 772. The fourth-order valence-electron chi connectivity index (χ4n) is 3.00. The van der Waals surface area contributed by atoms with Crippen LogP contribution >= 0.6 is 0 Å². The summed E-state index contributed by atoms with van der Waals surface area (Å²) in [6.45, 7) is 1.96. The van der Waals surface area contributed by atoms with Gasteiger partial charge in [0.2, 0.25) is 11.8 Å². The zero-order valence-corrected chi connectivity index (χ0v) is 15.4. The first kappa shape index (κ1) is 18.0. The quantitative estimate of drug-likeness (QED) is 0.840. The molecule has 26 heavy (non-hydrogen) atoms. The standard InChI is InChI=1S/C21H25N3O2/c1-14(15-7-5-4-6-8-15)22-20(25)18-13-19(18)21(26)23-16-9-11-17(12-10-16)24(2)3/h4-12,14,18-19H,13H2,1-3H3,(H,22,25)(H,23,26). The highest BCUT2D eigenvalue weighted by atomic mass is 16.2. The normalized spacial score (nSPS) is 19.3. The number of nitrogens with one attached hydrogen (secondary N) is 2. The lowest BCUT2D eigenvalue weighted by molar-refractivity contribution is -0.125. The van der Waals surface area contributed by atoms with Crippen molar-refractivity contribution in [3.05, 3.63) is 60.2 Å². The maximum atomic E-state index is 12.4. The van der Waals surface area contributed by atoms with Crippen molar-refractivity contribution in [2.45, 2.75) is 19.4 Å². The Kier molecular flexibility index (Phi) is 5.26. The first-order chi connectivity index (χ1) is 12.5. The summed E-state index contributed by atoms with van der Waals surface area (Å²) in [6, 6.07) is 17.4. The zero-order chi connectivity index (χ0) is 18.7. The van der Waals surface area contributed by atoms with E-state index < -0.39 is 0 Å². The number of benzene rings is 2. The van der Waals surface area contributed by atoms with E-state index in [9.17, 15) is 9.59 Å². The molecule has 0 radical (unpaired) electrons. The van der Waals surface area contributed by atoms with Crippen LogP contribution in [0.4, 0.5) is 11.4 Å². The second-order valence-electron chi connectivity index (χ2n) is 7.02. The van der Waals surface area contributed by atoms with Crippen LogP contribution in [0, 0.1) is 11.8 Å². The summed E-state index contributed by atoms with van der Waals surface area (Å²) in [5.41, 5.74) is 2.88. The van der Waals surface area contributed by atoms with Crippen molar-refractivity contribution in [3.63, 3.8) is 0 Å². The topological polar surface area (TPSA) is 61.4 Å². The molecule has 2 aromatic carbocycles. The number of rotatable bonds is 6. The van der Waals surface area contributed by atoms with Gasteiger partial charge in [-0.05, 0) is 43.2 Å². The molecule has 5 heteroatoms. The van der Waals surface area contributed by atoms with E-state index in [-0.39, 0.29) is 29.7 Å². The van der Waals surface area contributed by atoms with Gasteiger partial charge in [-0.2, -0.15) is 0 Å². The third kappa shape index (κ3) is 4.23. The highest BCUT2D eigenvalue weighted by Gasteiger charge is 2.48. The molecule has 0 spiro atoms. The summed E-state index contributed by atoms with van der Waals surface area (Å²) in [6.07, 6.45) is 0.606. The van der Waals surface area contributed by atoms with E-state index in [2.05, 4.69) is 10.6 Å². The maximum absolute atomic E-state index is 12.4. The van der Waals surface area contributed by atoms with Gasteiger partial charge in [-0.15, -0.1) is 0 Å². The van der Waals surface area contributed by atoms with Gasteiger partial charge in [0.25, 0.3) is 0 Å². The van der Waals surface area contributed by atoms with Gasteiger partial charge in [0.15, 0.2) is 0 Å². The molecule has 0 bridgehead atoms. The highest BCUT2D eigenvalue weighted by molar-refractivity contribution is 5.99. The lowest BCUT2D eigenvalue weighted by Crippen LogP contribution is -2.29. The van der Waals surface area contributed by atoms with Crippen LogP contribution in [-0.2, 0) is 9.59 Å². The maximum Gasteiger partial charge on any atom is 0.228 e. The van der Waals surface area contributed by atoms with Crippen molar-refractivity contribution in [3.8, 4) is 0 Å². The summed E-state index contributed by atoms with van der Waals surface area (Å²) in [7, 11) is 3.94. The van der Waals surface area contributed by atoms with Crippen LogP contribution in [0.25, 0.3) is 0 Å². The number of hydrogen-bond acceptors (Lipinski definition) is 3. The van der Waals surface area contributed by atoms with Gasteiger partial charge in [0.05, 0.1) is 17.9 Å². The van der Waals surface area contributed by atoms with E-state index in [1.54, 1.807) is 0 Å². The van der Waals surface area contributed by atoms with Crippen molar-refractivity contribution >= 4 is 23.2 Å². The zero-order valence-electron chi connectivity index (χ0n) is 15.4. The Morgan fingerprint density at radius 2 is 1.58 bits per heavy atom. The van der Waals surface area contributed by atoms with Crippen LogP contribution in [0.1, 0.15) is 24.9 Å². The number of carbonyl (C=O) groups is 2. The minimum absolute atomic E-state index is 0.0514. The molecule has 2 aromatic rings. The first-order valence-corrected chi connectivity index (χ1v) is 8.89. The largest absolute Gasteiger partial charge is 0.378 e. The van der Waals surface area contributed by atoms with Crippen LogP contribution in [0.2, 0.25) is 0 Å². The molecule has 136 valence electrons. The van der Waals surface area contributed by atoms with E-state index in [1.807, 2.05) is 80.5 Å². The molecule has 2 amide bonds. The monoisotopic (exact) mass is 351 g/mol. The second kappa shape index (κ2) is 7.60. The third-order valence-corrected chi connectivity index (χ3v) is 4.77. The summed E-state index contributed by atoms with van der Waals surface area (Å²) < 4.78 is 0. The Labute approximate surface area is 154 Å². The molecule has 0 aromatic heterocycles. The number of anilines is 2. The molecular formula is C21H25N3O2. The van der Waals surface area contributed by atoms with Crippen LogP contribution in [0.5, 0.6) is 0 Å². The number of amides is 2. The highest BCUT2D eigenvalue weighted by Crippen LogP contribution is 2.40. The molecule has 3 rings (SSSR count). The molecule has 1 aliphatic carbocycles. The molecule has 0 aliphatic heterocycles. The Morgan fingerprint density at radius 3 is 2.19 bits per heavy atom. The average Bonchev–Trinajstić information content (AvgIpc) is 3.44. The van der Waals surface area contributed by atoms with Crippen LogP contribution in [-0.4, -0.2) is 25.9 Å². The fourth-order valence-corrected chi connectivity index (χ4v) is 3.00. The molecule has 1 saturated carbocycles. The molecule has 1 aliphatic rings. The van der Waals surface area contributed by atoms with Crippen molar-refractivity contribution in [2.24, 2.45) is 11.8 Å². The number of hydrogen-bond donors (Lipinski definition) is 2. The minimum atomic E-state index is -0.244. The van der Waals surface area contributed by atoms with E-state index >= 15 is 0 Å². The van der Waals surface area contributed by atoms with Crippen molar-refractivity contribution in [1.82, 2.24) is 5.32 Å². The van der Waals surface area contributed by atoms with Crippen molar-refractivity contribution in [2.75, 3.05) is 24.3 Å². The van der Waals surface area contributed by atoms with Crippen molar-refractivity contribution in [1.29, 1.82) is 0 Å². The van der Waals surface area contributed by atoms with Gasteiger partial charge < -0.3 is 15.5 Å². The van der Waals surface area contributed by atoms with E-state index in [0.717, 1.165) is 16.9 Å². The number of nitrogens with zero attached hydrogens (tertiary/aromatic N) is 1. The molecule has 3 unspecified atom stereocenters. The molecule has 1 fully saturated rings. The number of carbonyl (C=O) groups excluding carboxylic acids is 2. The van der Waals surface area contributed by atoms with Crippen molar-refractivity contribution < 1.29 is 9.59 Å². The third-order valence-electron chi connectivity index (χ3n) is 4.77. The SMILES string of the molecule is CC(NC(=O)C1CC1C(=O)Nc1ccc(N(C)C)cc1)c1ccccc1. The fraction of sp³-hybridized carbons (Fsp3) is 0.333. The molecule has 3 atom stereocenters. The summed E-state index contributed by atoms with van der Waals surface area (Å²) in [4.78, 5) is 26.7. The summed E-state index contributed by atoms with van der Waals surface area (Å²) in [5.74, 6) is -0.617. The molecule has 2 N–H and O–H groups in total. The first-order valence-electron chi connectivity index (χ1n) is 8.89. The van der Waals surface area contributed by atoms with E-state index in [1.165, 1.54) is 0 Å². The predicted molar refractivity (Wildman–Crippen MR) is 104 cm³/mol. The van der Waals surface area contributed by atoms with Crippen LogP contribution < -0.4 is 15.5 Å². The Hall–Kier alpha value is -2.82. The van der Waals surface area contributed by atoms with E-state index in [0.29, 0.717) is 6.42 Å². The van der Waals surface area contributed by atoms with Gasteiger partial charge in [0.1, 0.15) is 0 Å². The summed E-state index contributed by atoms with van der Waals surface area (Å²) in [5, 5.41) is 5.90. The van der Waals surface area contributed by atoms with Gasteiger partial charge in [-0.25, -0.2) is 0 Å². The average molecular weight is 351 g/mol. The summed E-state index contributed by atoms with van der Waals surface area (Å²) >= 11 is 0. The van der Waals surface area contributed by atoms with E-state index in [4.69, 9.17) is 0 Å². The smallest absolute Gasteiger partial charge is 0.228 e. The lowest BCUT2D eigenvalue weighted by Gasteiger charge is -2.14. The predicted octanol–water partition coefficient (Wildman–Crippen LogP) is 3.20. The lowest BCUT2D eigenvalue weighted by atomic mass is 10.1.